The number of aryl methyl sites for hydroxylation is 2. The average Bonchev–Trinajstić information content (AvgIpc) is 2.91. The molecule has 0 bridgehead atoms. The Morgan fingerprint density at radius 2 is 2.14 bits per heavy atom. The maximum atomic E-state index is 12.2. The number of aromatic nitrogens is 3. The van der Waals surface area contributed by atoms with Gasteiger partial charge >= 0.3 is 0 Å². The number of nitrogens with zero attached hydrogens (tertiary/aromatic N) is 3. The number of rotatable bonds is 6. The number of hydrogen-bond donors (Lipinski definition) is 1. The largest absolute Gasteiger partial charge is 0.346 e. The van der Waals surface area contributed by atoms with Gasteiger partial charge in [-0.15, -0.1) is 0 Å². The van der Waals surface area contributed by atoms with Gasteiger partial charge in [-0.1, -0.05) is 13.8 Å². The summed E-state index contributed by atoms with van der Waals surface area (Å²) in [6.07, 6.45) is 6.98. The zero-order chi connectivity index (χ0) is 15.2. The molecular formula is C16H22N4O. The molecule has 0 aromatic carbocycles. The Kier molecular flexibility index (Phi) is 5.09. The predicted octanol–water partition coefficient (Wildman–Crippen LogP) is 2.42. The fraction of sp³-hybridized carbons (Fsp3) is 0.438. The van der Waals surface area contributed by atoms with E-state index in [0.29, 0.717) is 6.54 Å². The van der Waals surface area contributed by atoms with E-state index in [1.807, 2.05) is 43.7 Å². The molecule has 1 amide bonds. The first-order valence-corrected chi connectivity index (χ1v) is 7.36. The van der Waals surface area contributed by atoms with Gasteiger partial charge in [0.2, 0.25) is 5.91 Å². The minimum atomic E-state index is -0.0500. The van der Waals surface area contributed by atoms with Crippen LogP contribution in [0.1, 0.15) is 43.4 Å². The molecule has 2 rings (SSSR count). The second-order valence-corrected chi connectivity index (χ2v) is 5.11. The van der Waals surface area contributed by atoms with Crippen molar-refractivity contribution in [3.63, 3.8) is 0 Å². The first kappa shape index (κ1) is 15.2. The topological polar surface area (TPSA) is 59.8 Å². The Labute approximate surface area is 125 Å². The van der Waals surface area contributed by atoms with Crippen LogP contribution in [0.4, 0.5) is 0 Å². The number of amides is 1. The molecule has 21 heavy (non-hydrogen) atoms. The minimum absolute atomic E-state index is 0.0159. The summed E-state index contributed by atoms with van der Waals surface area (Å²) in [5.74, 6) is 0.907. The van der Waals surface area contributed by atoms with E-state index in [-0.39, 0.29) is 11.9 Å². The summed E-state index contributed by atoms with van der Waals surface area (Å²) in [6.45, 7) is 6.40. The summed E-state index contributed by atoms with van der Waals surface area (Å²) >= 11 is 0. The molecule has 2 heterocycles. The Morgan fingerprint density at radius 1 is 1.33 bits per heavy atom. The number of nitrogens with one attached hydrogen (secondary N) is 1. The van der Waals surface area contributed by atoms with Gasteiger partial charge in [-0.05, 0) is 31.0 Å². The minimum Gasteiger partial charge on any atom is -0.346 e. The highest BCUT2D eigenvalue weighted by Crippen LogP contribution is 2.15. The zero-order valence-corrected chi connectivity index (χ0v) is 12.8. The highest BCUT2D eigenvalue weighted by molar-refractivity contribution is 5.76. The number of carbonyl (C=O) groups excluding carboxylic acids is 1. The van der Waals surface area contributed by atoms with Crippen LogP contribution in [0.5, 0.6) is 0 Å². The van der Waals surface area contributed by atoms with Crippen molar-refractivity contribution in [3.05, 3.63) is 47.8 Å². The van der Waals surface area contributed by atoms with Gasteiger partial charge in [0, 0.05) is 25.0 Å². The smallest absolute Gasteiger partial charge is 0.240 e. The van der Waals surface area contributed by atoms with Gasteiger partial charge in [0.05, 0.1) is 11.7 Å². The third kappa shape index (κ3) is 3.90. The van der Waals surface area contributed by atoms with Crippen LogP contribution in [0.15, 0.2) is 30.7 Å². The van der Waals surface area contributed by atoms with Crippen molar-refractivity contribution in [2.24, 2.45) is 0 Å². The Hall–Kier alpha value is -2.17. The lowest BCUT2D eigenvalue weighted by Gasteiger charge is -2.17. The fourth-order valence-electron chi connectivity index (χ4n) is 2.33. The van der Waals surface area contributed by atoms with Crippen molar-refractivity contribution in [2.75, 3.05) is 0 Å². The van der Waals surface area contributed by atoms with Gasteiger partial charge in [-0.2, -0.15) is 0 Å². The van der Waals surface area contributed by atoms with Crippen molar-refractivity contribution in [3.8, 4) is 0 Å². The molecule has 1 N–H and O–H groups in total. The molecule has 0 aliphatic carbocycles. The van der Waals surface area contributed by atoms with E-state index in [4.69, 9.17) is 0 Å². The fourth-order valence-corrected chi connectivity index (χ4v) is 2.33. The third-order valence-corrected chi connectivity index (χ3v) is 3.47. The van der Waals surface area contributed by atoms with Crippen LogP contribution in [0.2, 0.25) is 0 Å². The van der Waals surface area contributed by atoms with Gasteiger partial charge in [-0.3, -0.25) is 9.78 Å². The monoisotopic (exact) mass is 286 g/mol. The molecule has 0 aliphatic rings. The van der Waals surface area contributed by atoms with Crippen molar-refractivity contribution in [2.45, 2.75) is 46.2 Å². The van der Waals surface area contributed by atoms with Crippen LogP contribution in [-0.4, -0.2) is 20.4 Å². The van der Waals surface area contributed by atoms with E-state index in [9.17, 15) is 4.79 Å². The standard InChI is InChI=1S/C16H22N4O/c1-4-13(14-10-12(3)6-7-17-14)19-16(21)11-20-9-8-18-15(20)5-2/h6-10,13H,4-5,11H2,1-3H3,(H,19,21)/t13-/m0/s1. The van der Waals surface area contributed by atoms with Crippen molar-refractivity contribution >= 4 is 5.91 Å². The Balaban J connectivity index is 2.03. The molecule has 0 radical (unpaired) electrons. The van der Waals surface area contributed by atoms with Crippen LogP contribution >= 0.6 is 0 Å². The molecule has 0 saturated carbocycles. The van der Waals surface area contributed by atoms with Crippen LogP contribution in [0.25, 0.3) is 0 Å². The van der Waals surface area contributed by atoms with Gasteiger partial charge in [0.15, 0.2) is 0 Å². The molecule has 0 spiro atoms. The van der Waals surface area contributed by atoms with Crippen LogP contribution < -0.4 is 5.32 Å². The Bertz CT molecular complexity index is 606. The van der Waals surface area contributed by atoms with E-state index >= 15 is 0 Å². The molecule has 2 aromatic rings. The predicted molar refractivity (Wildman–Crippen MR) is 81.8 cm³/mol. The molecule has 5 nitrogen and oxygen atoms in total. The molecule has 0 unspecified atom stereocenters. The van der Waals surface area contributed by atoms with E-state index in [1.165, 1.54) is 0 Å². The van der Waals surface area contributed by atoms with Crippen LogP contribution in [-0.2, 0) is 17.8 Å². The van der Waals surface area contributed by atoms with Gasteiger partial charge in [-0.25, -0.2) is 4.98 Å². The lowest BCUT2D eigenvalue weighted by Crippen LogP contribution is -2.32. The number of pyridine rings is 1. The van der Waals surface area contributed by atoms with Crippen molar-refractivity contribution in [1.29, 1.82) is 0 Å². The molecule has 0 fully saturated rings. The van der Waals surface area contributed by atoms with E-state index in [0.717, 1.165) is 29.9 Å². The van der Waals surface area contributed by atoms with Crippen LogP contribution in [0.3, 0.4) is 0 Å². The summed E-state index contributed by atoms with van der Waals surface area (Å²) < 4.78 is 1.88. The first-order valence-electron chi connectivity index (χ1n) is 7.36. The molecular weight excluding hydrogens is 264 g/mol. The summed E-state index contributed by atoms with van der Waals surface area (Å²) in [4.78, 5) is 20.8. The number of carbonyl (C=O) groups is 1. The number of imidazole rings is 1. The van der Waals surface area contributed by atoms with Gasteiger partial charge in [0.1, 0.15) is 12.4 Å². The molecule has 5 heteroatoms. The SMILES string of the molecule is CCc1nccn1CC(=O)N[C@@H](CC)c1cc(C)ccn1. The van der Waals surface area contributed by atoms with E-state index < -0.39 is 0 Å². The molecule has 2 aromatic heterocycles. The molecule has 112 valence electrons. The maximum absolute atomic E-state index is 12.2. The highest BCUT2D eigenvalue weighted by atomic mass is 16.2. The summed E-state index contributed by atoms with van der Waals surface area (Å²) in [7, 11) is 0. The van der Waals surface area contributed by atoms with Crippen LogP contribution in [0, 0.1) is 6.92 Å². The summed E-state index contributed by atoms with van der Waals surface area (Å²) in [5, 5.41) is 3.05. The van der Waals surface area contributed by atoms with Gasteiger partial charge < -0.3 is 9.88 Å². The normalized spacial score (nSPS) is 12.1. The lowest BCUT2D eigenvalue weighted by atomic mass is 10.1. The van der Waals surface area contributed by atoms with Gasteiger partial charge in [0.25, 0.3) is 0 Å². The van der Waals surface area contributed by atoms with E-state index in [2.05, 4.69) is 15.3 Å². The first-order chi connectivity index (χ1) is 10.1. The maximum Gasteiger partial charge on any atom is 0.240 e. The molecule has 1 atom stereocenters. The van der Waals surface area contributed by atoms with Crippen molar-refractivity contribution < 1.29 is 4.79 Å². The Morgan fingerprint density at radius 3 is 2.81 bits per heavy atom. The third-order valence-electron chi connectivity index (χ3n) is 3.47. The second-order valence-electron chi connectivity index (χ2n) is 5.11. The average molecular weight is 286 g/mol. The zero-order valence-electron chi connectivity index (χ0n) is 12.8. The molecule has 0 saturated heterocycles. The van der Waals surface area contributed by atoms with Crippen molar-refractivity contribution in [1.82, 2.24) is 19.9 Å². The highest BCUT2D eigenvalue weighted by Gasteiger charge is 2.15. The summed E-state index contributed by atoms with van der Waals surface area (Å²) in [6, 6.07) is 3.92. The number of hydrogen-bond acceptors (Lipinski definition) is 3. The molecule has 0 aliphatic heterocycles. The lowest BCUT2D eigenvalue weighted by molar-refractivity contribution is -0.122. The van der Waals surface area contributed by atoms with E-state index in [1.54, 1.807) is 12.4 Å². The quantitative estimate of drug-likeness (QED) is 0.887. The summed E-state index contributed by atoms with van der Waals surface area (Å²) in [5.41, 5.74) is 2.06. The second kappa shape index (κ2) is 7.02.